The van der Waals surface area contributed by atoms with Gasteiger partial charge in [-0.1, -0.05) is 36.4 Å². The first-order chi connectivity index (χ1) is 11.6. The van der Waals surface area contributed by atoms with Crippen molar-refractivity contribution in [2.75, 3.05) is 27.2 Å². The number of hydrogen-bond donors (Lipinski definition) is 1. The van der Waals surface area contributed by atoms with Crippen LogP contribution in [0.5, 0.6) is 0 Å². The van der Waals surface area contributed by atoms with Crippen LogP contribution in [0.2, 0.25) is 0 Å². The fourth-order valence-corrected chi connectivity index (χ4v) is 2.87. The van der Waals surface area contributed by atoms with E-state index in [1.807, 2.05) is 55.4 Å². The van der Waals surface area contributed by atoms with Gasteiger partial charge in [0.15, 0.2) is 5.54 Å². The summed E-state index contributed by atoms with van der Waals surface area (Å²) < 4.78 is 0. The van der Waals surface area contributed by atoms with Crippen LogP contribution >= 0.6 is 0 Å². The van der Waals surface area contributed by atoms with E-state index < -0.39 is 11.6 Å². The fraction of sp³-hybridized carbons (Fsp3) is 0.278. The number of likely N-dealkylation sites (N-methyl/N-ethyl adjacent to an activating group) is 1. The summed E-state index contributed by atoms with van der Waals surface area (Å²) in [5.74, 6) is -0.292. The molecule has 2 aromatic rings. The van der Waals surface area contributed by atoms with Gasteiger partial charge in [-0.2, -0.15) is 0 Å². The third kappa shape index (κ3) is 2.65. The van der Waals surface area contributed by atoms with Crippen molar-refractivity contribution in [3.05, 3.63) is 66.0 Å². The second-order valence-electron chi connectivity index (χ2n) is 6.02. The lowest BCUT2D eigenvalue weighted by Crippen LogP contribution is -2.46. The molecule has 1 aromatic carbocycles. The average molecular weight is 324 g/mol. The molecule has 1 aromatic heterocycles. The highest BCUT2D eigenvalue weighted by molar-refractivity contribution is 6.09. The summed E-state index contributed by atoms with van der Waals surface area (Å²) in [6.07, 6.45) is 1.63. The van der Waals surface area contributed by atoms with Crippen LogP contribution in [0, 0.1) is 0 Å². The Kier molecular flexibility index (Phi) is 4.31. The minimum atomic E-state index is -1.27. The number of benzene rings is 1. The van der Waals surface area contributed by atoms with E-state index in [0.717, 1.165) is 0 Å². The summed E-state index contributed by atoms with van der Waals surface area (Å²) in [5.41, 5.74) is -0.0531. The Hall–Kier alpha value is -2.73. The van der Waals surface area contributed by atoms with Gasteiger partial charge < -0.3 is 10.2 Å². The number of imide groups is 1. The van der Waals surface area contributed by atoms with Crippen molar-refractivity contribution < 1.29 is 9.59 Å². The van der Waals surface area contributed by atoms with Gasteiger partial charge in [0.1, 0.15) is 0 Å². The molecule has 3 amide bonds. The molecule has 6 heteroatoms. The monoisotopic (exact) mass is 324 g/mol. The largest absolute Gasteiger partial charge is 0.325 e. The number of urea groups is 1. The van der Waals surface area contributed by atoms with E-state index in [0.29, 0.717) is 24.3 Å². The Morgan fingerprint density at radius 3 is 2.42 bits per heavy atom. The zero-order valence-corrected chi connectivity index (χ0v) is 13.8. The topological polar surface area (TPSA) is 65.5 Å². The van der Waals surface area contributed by atoms with Gasteiger partial charge in [-0.25, -0.2) is 4.79 Å². The lowest BCUT2D eigenvalue weighted by Gasteiger charge is -2.27. The van der Waals surface area contributed by atoms with E-state index in [1.165, 1.54) is 4.90 Å². The number of nitrogens with zero attached hydrogens (tertiary/aromatic N) is 3. The second kappa shape index (κ2) is 6.41. The molecule has 1 N–H and O–H groups in total. The van der Waals surface area contributed by atoms with Crippen molar-refractivity contribution in [3.8, 4) is 0 Å². The van der Waals surface area contributed by atoms with Crippen LogP contribution in [0.3, 0.4) is 0 Å². The highest BCUT2D eigenvalue weighted by atomic mass is 16.2. The van der Waals surface area contributed by atoms with E-state index in [9.17, 15) is 9.59 Å². The van der Waals surface area contributed by atoms with Gasteiger partial charge in [-0.15, -0.1) is 0 Å². The number of hydrogen-bond acceptors (Lipinski definition) is 4. The van der Waals surface area contributed by atoms with Crippen molar-refractivity contribution in [1.82, 2.24) is 20.1 Å². The number of nitrogens with one attached hydrogen (secondary N) is 1. The van der Waals surface area contributed by atoms with Gasteiger partial charge in [-0.3, -0.25) is 14.7 Å². The number of carbonyl (C=O) groups excluding carboxylic acids is 2. The normalized spacial score (nSPS) is 20.5. The summed E-state index contributed by atoms with van der Waals surface area (Å²) in [5, 5.41) is 2.88. The molecule has 0 bridgehead atoms. The standard InChI is InChI=1S/C18H20N4O2/c1-21(2)12-13-22-16(23)18(20-17(22)24,14-8-4-3-5-9-14)15-10-6-7-11-19-15/h3-11H,12-13H2,1-2H3,(H,20,24). The predicted octanol–water partition coefficient (Wildman–Crippen LogP) is 1.44. The molecule has 124 valence electrons. The number of rotatable bonds is 5. The molecule has 0 saturated carbocycles. The molecule has 1 atom stereocenters. The summed E-state index contributed by atoms with van der Waals surface area (Å²) >= 11 is 0. The van der Waals surface area contributed by atoms with Crippen molar-refractivity contribution >= 4 is 11.9 Å². The van der Waals surface area contributed by atoms with Crippen molar-refractivity contribution in [2.24, 2.45) is 0 Å². The summed E-state index contributed by atoms with van der Waals surface area (Å²) in [6.45, 7) is 0.936. The number of carbonyl (C=O) groups is 2. The number of aromatic nitrogens is 1. The van der Waals surface area contributed by atoms with Crippen molar-refractivity contribution in [2.45, 2.75) is 5.54 Å². The molecule has 1 unspecified atom stereocenters. The zero-order chi connectivity index (χ0) is 17.2. The fourth-order valence-electron chi connectivity index (χ4n) is 2.87. The zero-order valence-electron chi connectivity index (χ0n) is 13.8. The first kappa shape index (κ1) is 16.1. The third-order valence-electron chi connectivity index (χ3n) is 4.13. The highest BCUT2D eigenvalue weighted by Crippen LogP contribution is 2.34. The van der Waals surface area contributed by atoms with Gasteiger partial charge in [0.2, 0.25) is 0 Å². The molecule has 2 heterocycles. The Balaban J connectivity index is 2.07. The van der Waals surface area contributed by atoms with E-state index in [1.54, 1.807) is 18.3 Å². The minimum Gasteiger partial charge on any atom is -0.314 e. The predicted molar refractivity (Wildman–Crippen MR) is 90.3 cm³/mol. The average Bonchev–Trinajstić information content (AvgIpc) is 2.86. The molecule has 24 heavy (non-hydrogen) atoms. The van der Waals surface area contributed by atoms with Gasteiger partial charge in [0.05, 0.1) is 5.69 Å². The van der Waals surface area contributed by atoms with E-state index in [2.05, 4.69) is 10.3 Å². The number of amides is 3. The maximum atomic E-state index is 13.2. The number of pyridine rings is 1. The van der Waals surface area contributed by atoms with Crippen LogP contribution < -0.4 is 5.32 Å². The minimum absolute atomic E-state index is 0.292. The van der Waals surface area contributed by atoms with E-state index >= 15 is 0 Å². The Bertz CT molecular complexity index is 692. The second-order valence-corrected chi connectivity index (χ2v) is 6.02. The summed E-state index contributed by atoms with van der Waals surface area (Å²) in [4.78, 5) is 33.3. The Morgan fingerprint density at radius 1 is 1.08 bits per heavy atom. The van der Waals surface area contributed by atoms with Gasteiger partial charge in [-0.05, 0) is 31.8 Å². The van der Waals surface area contributed by atoms with E-state index in [4.69, 9.17) is 0 Å². The molecule has 6 nitrogen and oxygen atoms in total. The molecule has 1 fully saturated rings. The maximum Gasteiger partial charge on any atom is 0.325 e. The smallest absolute Gasteiger partial charge is 0.314 e. The molecule has 0 spiro atoms. The van der Waals surface area contributed by atoms with Crippen LogP contribution in [0.15, 0.2) is 54.7 Å². The quantitative estimate of drug-likeness (QED) is 0.845. The van der Waals surface area contributed by atoms with Crippen LogP contribution in [0.25, 0.3) is 0 Å². The van der Waals surface area contributed by atoms with Crippen LogP contribution in [0.1, 0.15) is 11.3 Å². The summed E-state index contributed by atoms with van der Waals surface area (Å²) in [7, 11) is 3.81. The SMILES string of the molecule is CN(C)CCN1C(=O)NC(c2ccccc2)(c2ccccn2)C1=O. The molecule has 3 rings (SSSR count). The van der Waals surface area contributed by atoms with Crippen molar-refractivity contribution in [1.29, 1.82) is 0 Å². The molecular formula is C18H20N4O2. The summed E-state index contributed by atoms with van der Waals surface area (Å²) in [6, 6.07) is 14.2. The Labute approximate surface area is 141 Å². The first-order valence-corrected chi connectivity index (χ1v) is 7.81. The highest BCUT2D eigenvalue weighted by Gasteiger charge is 2.54. The van der Waals surface area contributed by atoms with Gasteiger partial charge >= 0.3 is 6.03 Å². The molecular weight excluding hydrogens is 304 g/mol. The molecule has 1 aliphatic rings. The third-order valence-corrected chi connectivity index (χ3v) is 4.13. The van der Waals surface area contributed by atoms with Crippen LogP contribution in [-0.2, 0) is 10.3 Å². The Morgan fingerprint density at radius 2 is 1.79 bits per heavy atom. The van der Waals surface area contributed by atoms with Gasteiger partial charge in [0, 0.05) is 19.3 Å². The molecule has 1 aliphatic heterocycles. The first-order valence-electron chi connectivity index (χ1n) is 7.81. The van der Waals surface area contributed by atoms with E-state index in [-0.39, 0.29) is 5.91 Å². The van der Waals surface area contributed by atoms with Crippen LogP contribution in [-0.4, -0.2) is 53.9 Å². The molecule has 0 radical (unpaired) electrons. The lowest BCUT2D eigenvalue weighted by molar-refractivity contribution is -0.130. The lowest BCUT2D eigenvalue weighted by atomic mass is 9.86. The maximum absolute atomic E-state index is 13.2. The molecule has 1 saturated heterocycles. The van der Waals surface area contributed by atoms with Crippen molar-refractivity contribution in [3.63, 3.8) is 0 Å². The molecule has 0 aliphatic carbocycles. The van der Waals surface area contributed by atoms with Gasteiger partial charge in [0.25, 0.3) is 5.91 Å². The van der Waals surface area contributed by atoms with Crippen LogP contribution in [0.4, 0.5) is 4.79 Å².